The minimum Gasteiger partial charge on any atom is -0.361 e. The van der Waals surface area contributed by atoms with Crippen molar-refractivity contribution in [1.29, 1.82) is 0 Å². The van der Waals surface area contributed by atoms with Crippen molar-refractivity contribution in [3.63, 3.8) is 0 Å². The normalized spacial score (nSPS) is 7.89. The van der Waals surface area contributed by atoms with E-state index in [2.05, 4.69) is 5.16 Å². The van der Waals surface area contributed by atoms with Gasteiger partial charge in [0, 0.05) is 12.5 Å². The van der Waals surface area contributed by atoms with E-state index in [4.69, 9.17) is 4.52 Å². The van der Waals surface area contributed by atoms with Crippen molar-refractivity contribution < 1.29 is 4.52 Å². The minimum atomic E-state index is 0.931. The van der Waals surface area contributed by atoms with Gasteiger partial charge in [-0.05, 0) is 0 Å². The van der Waals surface area contributed by atoms with Gasteiger partial charge in [0.1, 0.15) is 5.76 Å². The molecule has 1 rings (SSSR count). The highest BCUT2D eigenvalue weighted by Crippen LogP contribution is 1.94. The molecule has 0 spiro atoms. The van der Waals surface area contributed by atoms with Crippen molar-refractivity contribution in [2.45, 2.75) is 27.2 Å². The first-order chi connectivity index (χ1) is 4.43. The molecular formula is C7H13NO. The highest BCUT2D eigenvalue weighted by molar-refractivity contribution is 4.90. The third-order valence-corrected chi connectivity index (χ3v) is 0.840. The fourth-order valence-corrected chi connectivity index (χ4v) is 0.425. The second kappa shape index (κ2) is 5.35. The summed E-state index contributed by atoms with van der Waals surface area (Å²) in [5, 5.41) is 3.52. The van der Waals surface area contributed by atoms with Crippen LogP contribution in [0.4, 0.5) is 0 Å². The molecule has 52 valence electrons. The Kier molecular flexibility index (Phi) is 4.88. The molecular weight excluding hydrogens is 114 g/mol. The summed E-state index contributed by atoms with van der Waals surface area (Å²) in [6, 6.07) is 1.86. The minimum absolute atomic E-state index is 0.931. The Morgan fingerprint density at radius 3 is 2.44 bits per heavy atom. The van der Waals surface area contributed by atoms with E-state index in [9.17, 15) is 0 Å². The van der Waals surface area contributed by atoms with E-state index in [1.54, 1.807) is 6.20 Å². The van der Waals surface area contributed by atoms with Crippen molar-refractivity contribution in [3.8, 4) is 0 Å². The Morgan fingerprint density at radius 2 is 2.22 bits per heavy atom. The Morgan fingerprint density at radius 1 is 1.56 bits per heavy atom. The summed E-state index contributed by atoms with van der Waals surface area (Å²) in [6.45, 7) is 6.03. The van der Waals surface area contributed by atoms with E-state index in [0.717, 1.165) is 12.2 Å². The lowest BCUT2D eigenvalue weighted by atomic mass is 10.4. The molecule has 0 aliphatic heterocycles. The molecule has 1 aromatic rings. The molecule has 0 aliphatic carbocycles. The lowest BCUT2D eigenvalue weighted by Gasteiger charge is -1.76. The van der Waals surface area contributed by atoms with Gasteiger partial charge in [-0.1, -0.05) is 25.9 Å². The molecule has 0 saturated heterocycles. The lowest BCUT2D eigenvalue weighted by molar-refractivity contribution is 0.387. The van der Waals surface area contributed by atoms with Gasteiger partial charge in [0.05, 0.1) is 6.20 Å². The second-order valence-corrected chi connectivity index (χ2v) is 1.33. The molecule has 0 saturated carbocycles. The van der Waals surface area contributed by atoms with Crippen LogP contribution in [0.1, 0.15) is 26.5 Å². The Bertz CT molecular complexity index is 123. The first-order valence-electron chi connectivity index (χ1n) is 3.33. The van der Waals surface area contributed by atoms with Crippen LogP contribution in [-0.4, -0.2) is 5.16 Å². The van der Waals surface area contributed by atoms with Gasteiger partial charge in [-0.15, -0.1) is 0 Å². The molecule has 0 N–H and O–H groups in total. The molecule has 0 aromatic carbocycles. The smallest absolute Gasteiger partial charge is 0.136 e. The standard InChI is InChI=1S/C5H7NO.C2H6/c1-2-5-3-4-6-7-5;1-2/h3-4H,2H2,1H3;1-2H3. The number of hydrogen-bond acceptors (Lipinski definition) is 2. The van der Waals surface area contributed by atoms with Crippen molar-refractivity contribution in [1.82, 2.24) is 5.16 Å². The molecule has 0 bridgehead atoms. The van der Waals surface area contributed by atoms with E-state index in [1.165, 1.54) is 0 Å². The zero-order chi connectivity index (χ0) is 7.11. The third kappa shape index (κ3) is 2.90. The number of nitrogens with zero attached hydrogens (tertiary/aromatic N) is 1. The maximum absolute atomic E-state index is 4.73. The second-order valence-electron chi connectivity index (χ2n) is 1.33. The summed E-state index contributed by atoms with van der Waals surface area (Å²) in [6.07, 6.45) is 2.58. The van der Waals surface area contributed by atoms with Crippen LogP contribution in [-0.2, 0) is 6.42 Å². The Hall–Kier alpha value is -0.790. The first kappa shape index (κ1) is 8.21. The summed E-state index contributed by atoms with van der Waals surface area (Å²) in [5.74, 6) is 0.944. The summed E-state index contributed by atoms with van der Waals surface area (Å²) in [7, 11) is 0. The maximum atomic E-state index is 4.73. The molecule has 9 heavy (non-hydrogen) atoms. The molecule has 2 heteroatoms. The van der Waals surface area contributed by atoms with E-state index >= 15 is 0 Å². The van der Waals surface area contributed by atoms with E-state index < -0.39 is 0 Å². The van der Waals surface area contributed by atoms with Crippen LogP contribution in [0, 0.1) is 0 Å². The maximum Gasteiger partial charge on any atom is 0.136 e. The average molecular weight is 127 g/mol. The van der Waals surface area contributed by atoms with Crippen LogP contribution in [0.5, 0.6) is 0 Å². The highest BCUT2D eigenvalue weighted by atomic mass is 16.5. The van der Waals surface area contributed by atoms with Crippen molar-refractivity contribution in [2.75, 3.05) is 0 Å². The van der Waals surface area contributed by atoms with Gasteiger partial charge in [-0.25, -0.2) is 0 Å². The molecule has 0 radical (unpaired) electrons. The molecule has 2 nitrogen and oxygen atoms in total. The van der Waals surface area contributed by atoms with Crippen LogP contribution >= 0.6 is 0 Å². The molecule has 0 aliphatic rings. The van der Waals surface area contributed by atoms with Crippen LogP contribution in [0.25, 0.3) is 0 Å². The van der Waals surface area contributed by atoms with E-state index in [-0.39, 0.29) is 0 Å². The van der Waals surface area contributed by atoms with Gasteiger partial charge in [0.25, 0.3) is 0 Å². The molecule has 0 atom stereocenters. The van der Waals surface area contributed by atoms with Crippen LogP contribution in [0.2, 0.25) is 0 Å². The quantitative estimate of drug-likeness (QED) is 0.578. The summed E-state index contributed by atoms with van der Waals surface area (Å²) in [5.41, 5.74) is 0. The number of aryl methyl sites for hydroxylation is 1. The van der Waals surface area contributed by atoms with Gasteiger partial charge >= 0.3 is 0 Å². The van der Waals surface area contributed by atoms with Crippen molar-refractivity contribution in [3.05, 3.63) is 18.0 Å². The van der Waals surface area contributed by atoms with Crippen LogP contribution in [0.15, 0.2) is 16.8 Å². The Labute approximate surface area is 55.9 Å². The monoisotopic (exact) mass is 127 g/mol. The SMILES string of the molecule is CC.CCc1ccno1. The highest BCUT2D eigenvalue weighted by Gasteiger charge is 1.86. The number of rotatable bonds is 1. The average Bonchev–Trinajstić information content (AvgIpc) is 2.43. The predicted octanol–water partition coefficient (Wildman–Crippen LogP) is 2.26. The number of hydrogen-bond donors (Lipinski definition) is 0. The number of aromatic nitrogens is 1. The lowest BCUT2D eigenvalue weighted by Crippen LogP contribution is -1.67. The van der Waals surface area contributed by atoms with Gasteiger partial charge in [0.2, 0.25) is 0 Å². The topological polar surface area (TPSA) is 26.0 Å². The summed E-state index contributed by atoms with van der Waals surface area (Å²) < 4.78 is 4.73. The van der Waals surface area contributed by atoms with Gasteiger partial charge in [-0.2, -0.15) is 0 Å². The molecule has 0 unspecified atom stereocenters. The van der Waals surface area contributed by atoms with E-state index in [1.807, 2.05) is 26.8 Å². The molecule has 0 fully saturated rings. The largest absolute Gasteiger partial charge is 0.361 e. The first-order valence-corrected chi connectivity index (χ1v) is 3.33. The zero-order valence-corrected chi connectivity index (χ0v) is 6.22. The van der Waals surface area contributed by atoms with Crippen LogP contribution < -0.4 is 0 Å². The predicted molar refractivity (Wildman–Crippen MR) is 37.2 cm³/mol. The molecule has 1 heterocycles. The molecule has 0 amide bonds. The van der Waals surface area contributed by atoms with Crippen LogP contribution in [0.3, 0.4) is 0 Å². The third-order valence-electron chi connectivity index (χ3n) is 0.840. The Balaban J connectivity index is 0.000000291. The van der Waals surface area contributed by atoms with Gasteiger partial charge < -0.3 is 4.52 Å². The van der Waals surface area contributed by atoms with Gasteiger partial charge in [0.15, 0.2) is 0 Å². The van der Waals surface area contributed by atoms with Crippen molar-refractivity contribution in [2.24, 2.45) is 0 Å². The van der Waals surface area contributed by atoms with E-state index in [0.29, 0.717) is 0 Å². The fraction of sp³-hybridized carbons (Fsp3) is 0.571. The summed E-state index contributed by atoms with van der Waals surface area (Å²) in [4.78, 5) is 0. The van der Waals surface area contributed by atoms with Gasteiger partial charge in [-0.3, -0.25) is 0 Å². The fourth-order valence-electron chi connectivity index (χ4n) is 0.425. The molecule has 1 aromatic heterocycles. The zero-order valence-electron chi connectivity index (χ0n) is 6.22. The summed E-state index contributed by atoms with van der Waals surface area (Å²) >= 11 is 0. The van der Waals surface area contributed by atoms with Crippen molar-refractivity contribution >= 4 is 0 Å².